The fourth-order valence-electron chi connectivity index (χ4n) is 4.86. The lowest BCUT2D eigenvalue weighted by molar-refractivity contribution is -0.384. The van der Waals surface area contributed by atoms with E-state index in [1.165, 1.54) is 25.8 Å². The Morgan fingerprint density at radius 1 is 1.09 bits per heavy atom. The first-order valence-corrected chi connectivity index (χ1v) is 11.5. The summed E-state index contributed by atoms with van der Waals surface area (Å²) < 4.78 is 0. The van der Waals surface area contributed by atoms with Crippen molar-refractivity contribution in [2.75, 3.05) is 51.7 Å². The summed E-state index contributed by atoms with van der Waals surface area (Å²) >= 11 is 0. The second-order valence-corrected chi connectivity index (χ2v) is 9.17. The third kappa shape index (κ3) is 5.38. The van der Waals surface area contributed by atoms with Gasteiger partial charge in [0.1, 0.15) is 5.69 Å². The number of piperazine rings is 1. The van der Waals surface area contributed by atoms with Gasteiger partial charge in [0.2, 0.25) is 5.91 Å². The Morgan fingerprint density at radius 2 is 1.72 bits per heavy atom. The van der Waals surface area contributed by atoms with Crippen molar-refractivity contribution in [2.24, 2.45) is 0 Å². The van der Waals surface area contributed by atoms with Crippen molar-refractivity contribution in [2.45, 2.75) is 51.0 Å². The van der Waals surface area contributed by atoms with Crippen molar-refractivity contribution >= 4 is 23.2 Å². The van der Waals surface area contributed by atoms with E-state index in [4.69, 9.17) is 0 Å². The van der Waals surface area contributed by atoms with E-state index in [1.54, 1.807) is 17.0 Å². The predicted octanol–water partition coefficient (Wildman–Crippen LogP) is 2.65. The molecule has 2 amide bonds. The lowest BCUT2D eigenvalue weighted by atomic mass is 9.88. The zero-order chi connectivity index (χ0) is 23.3. The molecule has 1 aliphatic heterocycles. The summed E-state index contributed by atoms with van der Waals surface area (Å²) in [7, 11) is 4.12. The van der Waals surface area contributed by atoms with E-state index in [0.717, 1.165) is 25.7 Å². The number of nitro groups is 1. The normalized spacial score (nSPS) is 18.9. The molecule has 1 aromatic carbocycles. The highest BCUT2D eigenvalue weighted by atomic mass is 16.6. The van der Waals surface area contributed by atoms with Gasteiger partial charge in [0.05, 0.1) is 4.92 Å². The Morgan fingerprint density at radius 3 is 2.25 bits per heavy atom. The number of nitro benzene ring substituents is 1. The first-order chi connectivity index (χ1) is 15.2. The minimum atomic E-state index is -0.434. The van der Waals surface area contributed by atoms with Gasteiger partial charge >= 0.3 is 0 Å². The van der Waals surface area contributed by atoms with Crippen LogP contribution < -0.4 is 10.2 Å². The topological polar surface area (TPSA) is 99.0 Å². The Hall–Kier alpha value is -2.68. The van der Waals surface area contributed by atoms with Gasteiger partial charge in [-0.2, -0.15) is 0 Å². The smallest absolute Gasteiger partial charge is 0.293 e. The summed E-state index contributed by atoms with van der Waals surface area (Å²) in [4.78, 5) is 41.6. The second kappa shape index (κ2) is 10.3. The Labute approximate surface area is 189 Å². The van der Waals surface area contributed by atoms with Crippen molar-refractivity contribution in [1.82, 2.24) is 15.1 Å². The van der Waals surface area contributed by atoms with E-state index in [0.29, 0.717) is 44.0 Å². The molecule has 9 heteroatoms. The van der Waals surface area contributed by atoms with Crippen LogP contribution in [0.4, 0.5) is 11.4 Å². The SMILES string of the molecule is CC(=O)N1CCN(c2ccc(C(=O)NCC3(N(C)C)CCCCCC3)cc2[N+](=O)[O-])CC1. The van der Waals surface area contributed by atoms with Crippen LogP contribution in [0.15, 0.2) is 18.2 Å². The number of nitrogens with zero attached hydrogens (tertiary/aromatic N) is 4. The number of hydrogen-bond acceptors (Lipinski definition) is 6. The van der Waals surface area contributed by atoms with Crippen LogP contribution in [0, 0.1) is 10.1 Å². The molecular weight excluding hydrogens is 410 g/mol. The fraction of sp³-hybridized carbons (Fsp3) is 0.652. The summed E-state index contributed by atoms with van der Waals surface area (Å²) in [6.45, 7) is 4.17. The van der Waals surface area contributed by atoms with Gasteiger partial charge in [0.15, 0.2) is 0 Å². The Balaban J connectivity index is 1.72. The van der Waals surface area contributed by atoms with Gasteiger partial charge in [-0.25, -0.2) is 0 Å². The molecule has 1 saturated heterocycles. The number of likely N-dealkylation sites (N-methyl/N-ethyl adjacent to an activating group) is 1. The van der Waals surface area contributed by atoms with Crippen molar-refractivity contribution in [1.29, 1.82) is 0 Å². The van der Waals surface area contributed by atoms with E-state index in [-0.39, 0.29) is 23.0 Å². The molecule has 0 aromatic heterocycles. The summed E-state index contributed by atoms with van der Waals surface area (Å²) in [5, 5.41) is 14.8. The van der Waals surface area contributed by atoms with Crippen molar-refractivity contribution in [3.8, 4) is 0 Å². The number of carbonyl (C=O) groups is 2. The van der Waals surface area contributed by atoms with Gasteiger partial charge in [-0.15, -0.1) is 0 Å². The number of anilines is 1. The summed E-state index contributed by atoms with van der Waals surface area (Å²) in [5.74, 6) is -0.276. The van der Waals surface area contributed by atoms with Gasteiger partial charge < -0.3 is 20.0 Å². The largest absolute Gasteiger partial charge is 0.362 e. The van der Waals surface area contributed by atoms with Crippen molar-refractivity contribution < 1.29 is 14.5 Å². The first-order valence-electron chi connectivity index (χ1n) is 11.5. The lowest BCUT2D eigenvalue weighted by Crippen LogP contribution is -2.52. The maximum Gasteiger partial charge on any atom is 0.293 e. The lowest BCUT2D eigenvalue weighted by Gasteiger charge is -2.39. The molecule has 2 aliphatic rings. The molecule has 1 saturated carbocycles. The number of benzene rings is 1. The number of nitrogens with one attached hydrogen (secondary N) is 1. The van der Waals surface area contributed by atoms with E-state index in [9.17, 15) is 19.7 Å². The average molecular weight is 446 g/mol. The third-order valence-corrected chi connectivity index (χ3v) is 7.06. The number of hydrogen-bond donors (Lipinski definition) is 1. The molecule has 1 aromatic rings. The van der Waals surface area contributed by atoms with Gasteiger partial charge in [0, 0.05) is 56.8 Å². The number of carbonyl (C=O) groups excluding carboxylic acids is 2. The van der Waals surface area contributed by atoms with E-state index in [1.807, 2.05) is 4.90 Å². The fourth-order valence-corrected chi connectivity index (χ4v) is 4.86. The highest BCUT2D eigenvalue weighted by Gasteiger charge is 2.34. The summed E-state index contributed by atoms with van der Waals surface area (Å²) in [6, 6.07) is 4.69. The molecule has 9 nitrogen and oxygen atoms in total. The van der Waals surface area contributed by atoms with E-state index < -0.39 is 4.92 Å². The molecule has 0 atom stereocenters. The molecule has 176 valence electrons. The minimum Gasteiger partial charge on any atom is -0.362 e. The molecule has 32 heavy (non-hydrogen) atoms. The molecule has 1 heterocycles. The van der Waals surface area contributed by atoms with Crippen LogP contribution in [0.2, 0.25) is 0 Å². The van der Waals surface area contributed by atoms with Crippen LogP contribution >= 0.6 is 0 Å². The molecule has 0 bridgehead atoms. The zero-order valence-corrected chi connectivity index (χ0v) is 19.4. The standard InChI is InChI=1S/C23H35N5O4/c1-18(29)26-12-14-27(15-13-26)20-9-8-19(16-21(20)28(31)32)22(30)24-17-23(25(2)3)10-6-4-5-7-11-23/h8-9,16H,4-7,10-15,17H2,1-3H3,(H,24,30). The predicted molar refractivity (Wildman–Crippen MR) is 124 cm³/mol. The summed E-state index contributed by atoms with van der Waals surface area (Å²) in [6.07, 6.45) is 6.79. The molecule has 2 fully saturated rings. The zero-order valence-electron chi connectivity index (χ0n) is 19.4. The maximum atomic E-state index is 12.9. The van der Waals surface area contributed by atoms with Gasteiger partial charge in [-0.3, -0.25) is 19.7 Å². The first kappa shape index (κ1) is 24.0. The van der Waals surface area contributed by atoms with Crippen LogP contribution in [-0.4, -0.2) is 78.9 Å². The van der Waals surface area contributed by atoms with Gasteiger partial charge in [-0.1, -0.05) is 25.7 Å². The van der Waals surface area contributed by atoms with Crippen LogP contribution in [0.3, 0.4) is 0 Å². The third-order valence-electron chi connectivity index (χ3n) is 7.06. The van der Waals surface area contributed by atoms with Crippen LogP contribution in [0.5, 0.6) is 0 Å². The number of rotatable bonds is 6. The molecule has 1 N–H and O–H groups in total. The minimum absolute atomic E-state index is 0.00957. The molecular formula is C23H35N5O4. The highest BCUT2D eigenvalue weighted by molar-refractivity contribution is 5.95. The van der Waals surface area contributed by atoms with Crippen molar-refractivity contribution in [3.63, 3.8) is 0 Å². The van der Waals surface area contributed by atoms with Crippen LogP contribution in [-0.2, 0) is 4.79 Å². The highest BCUT2D eigenvalue weighted by Crippen LogP contribution is 2.32. The molecule has 3 rings (SSSR count). The monoisotopic (exact) mass is 445 g/mol. The number of amides is 2. The molecule has 0 unspecified atom stereocenters. The quantitative estimate of drug-likeness (QED) is 0.411. The maximum absolute atomic E-state index is 12.9. The van der Waals surface area contributed by atoms with E-state index >= 15 is 0 Å². The Kier molecular flexibility index (Phi) is 7.71. The van der Waals surface area contributed by atoms with Gasteiger partial charge in [-0.05, 0) is 39.1 Å². The molecule has 0 spiro atoms. The summed E-state index contributed by atoms with van der Waals surface area (Å²) in [5.41, 5.74) is 0.633. The van der Waals surface area contributed by atoms with Crippen LogP contribution in [0.25, 0.3) is 0 Å². The molecule has 0 radical (unpaired) electrons. The van der Waals surface area contributed by atoms with Crippen LogP contribution in [0.1, 0.15) is 55.8 Å². The molecule has 1 aliphatic carbocycles. The second-order valence-electron chi connectivity index (χ2n) is 9.17. The van der Waals surface area contributed by atoms with Crippen molar-refractivity contribution in [3.05, 3.63) is 33.9 Å². The van der Waals surface area contributed by atoms with E-state index in [2.05, 4.69) is 24.3 Å². The average Bonchev–Trinajstić information content (AvgIpc) is 3.04. The Bertz CT molecular complexity index is 841. The van der Waals surface area contributed by atoms with Gasteiger partial charge in [0.25, 0.3) is 11.6 Å².